The molecule has 0 radical (unpaired) electrons. The number of nitrogens with one attached hydrogen (secondary N) is 2. The molecule has 0 bridgehead atoms. The maximum Gasteiger partial charge on any atom is 0.408 e. The zero-order valence-corrected chi connectivity index (χ0v) is 17.7. The minimum absolute atomic E-state index is 0.0421. The zero-order valence-electron chi connectivity index (χ0n) is 16.1. The van der Waals surface area contributed by atoms with Gasteiger partial charge in [-0.2, -0.15) is 0 Å². The summed E-state index contributed by atoms with van der Waals surface area (Å²) in [5, 5.41) is 17.0. The first kappa shape index (κ1) is 22.3. The molecule has 2 aromatic carbocycles. The average Bonchev–Trinajstić information content (AvgIpc) is 3.22. The number of benzene rings is 2. The molecule has 3 rings (SSSR count). The van der Waals surface area contributed by atoms with E-state index < -0.39 is 32.4 Å². The SMILES string of the molecule is NS(=O)(=O)c1nnc(NC(=O)C(Cc2ccccc2)NC(=O)OCc2ccccc2)s1. The van der Waals surface area contributed by atoms with Crippen molar-refractivity contribution in [1.29, 1.82) is 0 Å². The van der Waals surface area contributed by atoms with E-state index in [9.17, 15) is 18.0 Å². The summed E-state index contributed by atoms with van der Waals surface area (Å²) in [6, 6.07) is 17.1. The second-order valence-corrected chi connectivity index (χ2v) is 9.07. The Morgan fingerprint density at radius 2 is 1.61 bits per heavy atom. The van der Waals surface area contributed by atoms with E-state index in [-0.39, 0.29) is 18.2 Å². The number of hydrogen-bond donors (Lipinski definition) is 3. The third-order valence-electron chi connectivity index (χ3n) is 3.98. The third kappa shape index (κ3) is 6.84. The molecule has 1 heterocycles. The predicted octanol–water partition coefficient (Wildman–Crippen LogP) is 1.66. The number of sulfonamides is 1. The first-order chi connectivity index (χ1) is 14.8. The molecule has 12 heteroatoms. The summed E-state index contributed by atoms with van der Waals surface area (Å²) >= 11 is 0.607. The molecule has 1 unspecified atom stereocenters. The predicted molar refractivity (Wildman–Crippen MR) is 114 cm³/mol. The van der Waals surface area contributed by atoms with Gasteiger partial charge in [-0.05, 0) is 11.1 Å². The Morgan fingerprint density at radius 1 is 1.00 bits per heavy atom. The minimum atomic E-state index is -4.04. The van der Waals surface area contributed by atoms with Crippen molar-refractivity contribution in [1.82, 2.24) is 15.5 Å². The van der Waals surface area contributed by atoms with E-state index in [1.807, 2.05) is 24.3 Å². The van der Waals surface area contributed by atoms with Crippen LogP contribution in [0.15, 0.2) is 65.0 Å². The molecular weight excluding hydrogens is 442 g/mol. The third-order valence-corrected chi connectivity index (χ3v) is 6.13. The van der Waals surface area contributed by atoms with E-state index in [1.54, 1.807) is 36.4 Å². The van der Waals surface area contributed by atoms with E-state index in [0.29, 0.717) is 11.3 Å². The van der Waals surface area contributed by atoms with Crippen LogP contribution in [-0.4, -0.2) is 36.7 Å². The van der Waals surface area contributed by atoms with E-state index in [4.69, 9.17) is 9.88 Å². The van der Waals surface area contributed by atoms with Crippen LogP contribution in [0.2, 0.25) is 0 Å². The molecule has 2 amide bonds. The maximum absolute atomic E-state index is 12.8. The number of carbonyl (C=O) groups excluding carboxylic acids is 2. The largest absolute Gasteiger partial charge is 0.445 e. The number of alkyl carbamates (subject to hydrolysis) is 1. The van der Waals surface area contributed by atoms with Gasteiger partial charge >= 0.3 is 6.09 Å². The molecule has 0 spiro atoms. The van der Waals surface area contributed by atoms with Crippen LogP contribution in [0.25, 0.3) is 0 Å². The van der Waals surface area contributed by atoms with Gasteiger partial charge in [0.2, 0.25) is 15.4 Å². The fraction of sp³-hybridized carbons (Fsp3) is 0.158. The van der Waals surface area contributed by atoms with Crippen LogP contribution in [-0.2, 0) is 32.6 Å². The highest BCUT2D eigenvalue weighted by molar-refractivity contribution is 7.91. The topological polar surface area (TPSA) is 153 Å². The molecule has 0 fully saturated rings. The Morgan fingerprint density at radius 3 is 2.19 bits per heavy atom. The second-order valence-electron chi connectivity index (χ2n) is 6.36. The normalized spacial score (nSPS) is 12.0. The van der Waals surface area contributed by atoms with Gasteiger partial charge in [0.25, 0.3) is 10.0 Å². The average molecular weight is 462 g/mol. The van der Waals surface area contributed by atoms with E-state index in [1.165, 1.54) is 0 Å². The molecular formula is C19H19N5O5S2. The second kappa shape index (κ2) is 10.1. The number of hydrogen-bond acceptors (Lipinski definition) is 8. The highest BCUT2D eigenvalue weighted by atomic mass is 32.2. The highest BCUT2D eigenvalue weighted by Gasteiger charge is 2.24. The monoisotopic (exact) mass is 461 g/mol. The Bertz CT molecular complexity index is 1140. The first-order valence-electron chi connectivity index (χ1n) is 8.99. The lowest BCUT2D eigenvalue weighted by Crippen LogP contribution is -2.45. The zero-order chi connectivity index (χ0) is 22.3. The number of rotatable bonds is 8. The van der Waals surface area contributed by atoms with Gasteiger partial charge in [0.1, 0.15) is 12.6 Å². The standard InChI is InChI=1S/C19H19N5O5S2/c20-31(27,28)19-24-23-17(30-19)22-16(25)15(11-13-7-3-1-4-8-13)21-18(26)29-12-14-9-5-2-6-10-14/h1-10,15H,11-12H2,(H,21,26)(H2,20,27,28)(H,22,23,25). The minimum Gasteiger partial charge on any atom is -0.445 e. The summed E-state index contributed by atoms with van der Waals surface area (Å²) in [6.45, 7) is 0.0421. The van der Waals surface area contributed by atoms with Crippen LogP contribution in [0, 0.1) is 0 Å². The molecule has 1 aromatic heterocycles. The van der Waals surface area contributed by atoms with Gasteiger partial charge in [0.15, 0.2) is 0 Å². The molecule has 0 saturated heterocycles. The van der Waals surface area contributed by atoms with Crippen molar-refractivity contribution in [2.45, 2.75) is 23.4 Å². The van der Waals surface area contributed by atoms with Crippen molar-refractivity contribution < 1.29 is 22.7 Å². The number of ether oxygens (including phenoxy) is 1. The number of aromatic nitrogens is 2. The Balaban J connectivity index is 1.68. The van der Waals surface area contributed by atoms with Crippen LogP contribution in [0.5, 0.6) is 0 Å². The van der Waals surface area contributed by atoms with E-state index in [0.717, 1.165) is 11.1 Å². The van der Waals surface area contributed by atoms with E-state index >= 15 is 0 Å². The fourth-order valence-corrected chi connectivity index (χ4v) is 3.87. The van der Waals surface area contributed by atoms with Crippen molar-refractivity contribution >= 4 is 38.5 Å². The van der Waals surface area contributed by atoms with Gasteiger partial charge in [0, 0.05) is 6.42 Å². The van der Waals surface area contributed by atoms with Crippen molar-refractivity contribution in [2.75, 3.05) is 5.32 Å². The summed E-state index contributed by atoms with van der Waals surface area (Å²) < 4.78 is 27.4. The first-order valence-corrected chi connectivity index (χ1v) is 11.4. The molecule has 162 valence electrons. The van der Waals surface area contributed by atoms with Gasteiger partial charge in [-0.25, -0.2) is 18.4 Å². The Kier molecular flexibility index (Phi) is 7.28. The van der Waals surface area contributed by atoms with Crippen molar-refractivity contribution in [2.24, 2.45) is 5.14 Å². The Hall–Kier alpha value is -3.35. The summed E-state index contributed by atoms with van der Waals surface area (Å²) in [7, 11) is -4.04. The van der Waals surface area contributed by atoms with Gasteiger partial charge in [-0.1, -0.05) is 72.0 Å². The maximum atomic E-state index is 12.8. The lowest BCUT2D eigenvalue weighted by atomic mass is 10.1. The molecule has 0 aliphatic heterocycles. The molecule has 10 nitrogen and oxygen atoms in total. The number of amides is 2. The molecule has 0 aliphatic rings. The number of nitrogens with two attached hydrogens (primary N) is 1. The number of nitrogens with zero attached hydrogens (tertiary/aromatic N) is 2. The van der Waals surface area contributed by atoms with Gasteiger partial charge < -0.3 is 10.1 Å². The van der Waals surface area contributed by atoms with E-state index in [2.05, 4.69) is 20.8 Å². The molecule has 4 N–H and O–H groups in total. The van der Waals surface area contributed by atoms with Crippen molar-refractivity contribution in [3.8, 4) is 0 Å². The van der Waals surface area contributed by atoms with Crippen molar-refractivity contribution in [3.63, 3.8) is 0 Å². The Labute approximate surface area is 182 Å². The van der Waals surface area contributed by atoms with Crippen LogP contribution in [0.4, 0.5) is 9.93 Å². The lowest BCUT2D eigenvalue weighted by molar-refractivity contribution is -0.118. The van der Waals surface area contributed by atoms with Crippen LogP contribution >= 0.6 is 11.3 Å². The summed E-state index contributed by atoms with van der Waals surface area (Å²) in [5.74, 6) is -0.613. The van der Waals surface area contributed by atoms with Crippen LogP contribution < -0.4 is 15.8 Å². The fourth-order valence-electron chi connectivity index (χ4n) is 2.53. The molecule has 0 aliphatic carbocycles. The number of primary sulfonamides is 1. The lowest BCUT2D eigenvalue weighted by Gasteiger charge is -2.17. The van der Waals surface area contributed by atoms with Crippen molar-refractivity contribution in [3.05, 3.63) is 71.8 Å². The number of anilines is 1. The summed E-state index contributed by atoms with van der Waals surface area (Å²) in [4.78, 5) is 25.0. The van der Waals surface area contributed by atoms with Crippen LogP contribution in [0.1, 0.15) is 11.1 Å². The smallest absolute Gasteiger partial charge is 0.408 e. The quantitative estimate of drug-likeness (QED) is 0.431. The molecule has 0 saturated carbocycles. The van der Waals surface area contributed by atoms with Gasteiger partial charge in [-0.3, -0.25) is 10.1 Å². The highest BCUT2D eigenvalue weighted by Crippen LogP contribution is 2.19. The summed E-state index contributed by atoms with van der Waals surface area (Å²) in [5.41, 5.74) is 1.60. The summed E-state index contributed by atoms with van der Waals surface area (Å²) in [6.07, 6.45) is -0.601. The van der Waals surface area contributed by atoms with Gasteiger partial charge in [0.05, 0.1) is 0 Å². The van der Waals surface area contributed by atoms with Crippen LogP contribution in [0.3, 0.4) is 0 Å². The molecule has 1 atom stereocenters. The van der Waals surface area contributed by atoms with Gasteiger partial charge in [-0.15, -0.1) is 10.2 Å². The molecule has 31 heavy (non-hydrogen) atoms. The molecule has 3 aromatic rings. The number of carbonyl (C=O) groups is 2.